The van der Waals surface area contributed by atoms with Crippen molar-refractivity contribution >= 4 is 13.6 Å². The Morgan fingerprint density at radius 3 is 2.18 bits per heavy atom. The number of aliphatic hydroxyl groups excluding tert-OH is 1. The second-order valence-corrected chi connectivity index (χ2v) is 4.47. The van der Waals surface area contributed by atoms with Crippen LogP contribution in [-0.4, -0.2) is 29.5 Å². The quantitative estimate of drug-likeness (QED) is 0.306. The molecule has 0 amide bonds. The summed E-state index contributed by atoms with van der Waals surface area (Å²) in [5.41, 5.74) is -4.55. The zero-order valence-corrected chi connectivity index (χ0v) is 14.6. The molecule has 1 N–H and O–H groups in total. The van der Waals surface area contributed by atoms with Crippen LogP contribution in [0.5, 0.6) is 0 Å². The number of rotatable bonds is 5. The molecule has 0 fully saturated rings. The second-order valence-electron chi connectivity index (χ2n) is 2.82. The number of ether oxygens (including phenoxy) is 1. The van der Waals surface area contributed by atoms with Crippen LogP contribution < -0.4 is 68.9 Å². The maximum absolute atomic E-state index is 12.5. The van der Waals surface area contributed by atoms with Crippen molar-refractivity contribution in [3.63, 3.8) is 0 Å². The van der Waals surface area contributed by atoms with Gasteiger partial charge in [-0.2, -0.15) is 0 Å². The molecule has 0 aliphatic carbocycles. The van der Waals surface area contributed by atoms with Gasteiger partial charge in [0.2, 0.25) is 0 Å². The molecule has 0 radical (unpaired) electrons. The molecular formula is C6H9F2Na2O6P. The minimum atomic E-state index is -6.10. The average Bonchev–Trinajstić information content (AvgIpc) is 1.97. The summed E-state index contributed by atoms with van der Waals surface area (Å²) in [5.74, 6) is -0.815. The molecule has 0 aromatic carbocycles. The number of halogens is 2. The molecule has 0 saturated carbocycles. The Bertz CT molecular complexity index is 284. The van der Waals surface area contributed by atoms with E-state index in [1.54, 1.807) is 0 Å². The van der Waals surface area contributed by atoms with Crippen LogP contribution in [0.2, 0.25) is 0 Å². The number of hydrogen-bond acceptors (Lipinski definition) is 6. The maximum Gasteiger partial charge on any atom is 1.00 e. The Balaban J connectivity index is -0.000000980. The monoisotopic (exact) mass is 292 g/mol. The first-order chi connectivity index (χ1) is 6.56. The van der Waals surface area contributed by atoms with E-state index in [0.717, 1.165) is 6.92 Å². The average molecular weight is 292 g/mol. The van der Waals surface area contributed by atoms with E-state index >= 15 is 0 Å². The molecule has 90 valence electrons. The smallest absolute Gasteiger partial charge is 0.807 e. The van der Waals surface area contributed by atoms with Gasteiger partial charge in [0.1, 0.15) is 6.61 Å². The molecule has 11 heteroatoms. The minimum absolute atomic E-state index is 0. The Morgan fingerprint density at radius 2 is 1.88 bits per heavy atom. The summed E-state index contributed by atoms with van der Waals surface area (Å²) in [4.78, 5) is 30.3. The molecule has 0 aliphatic heterocycles. The number of hydrogen-bond donors (Lipinski definition) is 1. The molecule has 0 aromatic heterocycles. The fourth-order valence-electron chi connectivity index (χ4n) is 0.668. The molecule has 1 atom stereocenters. The van der Waals surface area contributed by atoms with Crippen molar-refractivity contribution in [2.45, 2.75) is 25.1 Å². The van der Waals surface area contributed by atoms with E-state index in [4.69, 9.17) is 5.11 Å². The molecule has 0 aliphatic rings. The Morgan fingerprint density at radius 1 is 1.47 bits per heavy atom. The van der Waals surface area contributed by atoms with Gasteiger partial charge in [-0.25, -0.2) is 8.78 Å². The molecular weight excluding hydrogens is 283 g/mol. The van der Waals surface area contributed by atoms with E-state index in [1.807, 2.05) is 0 Å². The molecule has 0 heterocycles. The fourth-order valence-corrected chi connectivity index (χ4v) is 1.10. The Labute approximate surface area is 141 Å². The normalized spacial score (nSPS) is 13.1. The van der Waals surface area contributed by atoms with Crippen molar-refractivity contribution in [2.24, 2.45) is 0 Å². The molecule has 0 bridgehead atoms. The van der Waals surface area contributed by atoms with Crippen LogP contribution in [0.25, 0.3) is 0 Å². The molecule has 0 saturated heterocycles. The van der Waals surface area contributed by atoms with E-state index in [1.165, 1.54) is 0 Å². The first-order valence-corrected chi connectivity index (χ1v) is 5.32. The van der Waals surface area contributed by atoms with Crippen molar-refractivity contribution in [3.05, 3.63) is 0 Å². The standard InChI is InChI=1S/C6H11F2O6P.2Na/c1-4(9)14-3-5(10)2-6(7,8)15(11,12)13;;/h5,10H,2-3H2,1H3,(H2,11,12,13);;/q;2*+1/p-2/t5-;;/m0../s1. The number of carbonyl (C=O) groups excluding carboxylic acids is 1. The maximum atomic E-state index is 12.5. The van der Waals surface area contributed by atoms with Gasteiger partial charge in [0.25, 0.3) is 5.66 Å². The van der Waals surface area contributed by atoms with Gasteiger partial charge in [-0.1, -0.05) is 0 Å². The van der Waals surface area contributed by atoms with Crippen LogP contribution in [0.15, 0.2) is 0 Å². The first-order valence-electron chi connectivity index (χ1n) is 3.77. The summed E-state index contributed by atoms with van der Waals surface area (Å²) >= 11 is 0. The number of carbonyl (C=O) groups is 1. The van der Waals surface area contributed by atoms with Crippen molar-refractivity contribution in [2.75, 3.05) is 6.61 Å². The summed E-state index contributed by atoms with van der Waals surface area (Å²) in [5, 5.41) is 8.84. The zero-order valence-electron chi connectivity index (χ0n) is 9.68. The number of alkyl halides is 2. The van der Waals surface area contributed by atoms with Gasteiger partial charge in [0.15, 0.2) is 0 Å². The van der Waals surface area contributed by atoms with Gasteiger partial charge in [-0.3, -0.25) is 4.79 Å². The SMILES string of the molecule is CC(=O)OC[C@@H](O)CC(F)(F)P(=O)([O-])[O-].[Na+].[Na+]. The number of esters is 1. The summed E-state index contributed by atoms with van der Waals surface area (Å²) in [6.45, 7) is 0.196. The van der Waals surface area contributed by atoms with E-state index in [9.17, 15) is 27.9 Å². The molecule has 17 heavy (non-hydrogen) atoms. The van der Waals surface area contributed by atoms with Gasteiger partial charge in [0.05, 0.1) is 6.10 Å². The largest absolute Gasteiger partial charge is 1.00 e. The van der Waals surface area contributed by atoms with Gasteiger partial charge in [-0.15, -0.1) is 0 Å². The molecule has 6 nitrogen and oxygen atoms in total. The van der Waals surface area contributed by atoms with E-state index in [-0.39, 0.29) is 59.1 Å². The second kappa shape index (κ2) is 9.36. The van der Waals surface area contributed by atoms with Crippen LogP contribution >= 0.6 is 7.60 Å². The third kappa shape index (κ3) is 9.95. The molecule has 0 unspecified atom stereocenters. The number of aliphatic hydroxyl groups is 1. The van der Waals surface area contributed by atoms with E-state index in [2.05, 4.69) is 4.74 Å². The summed E-state index contributed by atoms with van der Waals surface area (Å²) < 4.78 is 39.2. The van der Waals surface area contributed by atoms with E-state index in [0.29, 0.717) is 0 Å². The third-order valence-electron chi connectivity index (χ3n) is 1.36. The predicted molar refractivity (Wildman–Crippen MR) is 39.8 cm³/mol. The summed E-state index contributed by atoms with van der Waals surface area (Å²) in [6.07, 6.45) is -3.50. The van der Waals surface area contributed by atoms with Gasteiger partial charge >= 0.3 is 65.1 Å². The summed E-state index contributed by atoms with van der Waals surface area (Å²) in [6, 6.07) is 0. The minimum Gasteiger partial charge on any atom is -0.807 e. The van der Waals surface area contributed by atoms with E-state index < -0.39 is 38.4 Å². The van der Waals surface area contributed by atoms with Gasteiger partial charge in [0, 0.05) is 20.9 Å². The zero-order chi connectivity index (χ0) is 12.3. The van der Waals surface area contributed by atoms with Crippen LogP contribution in [0.1, 0.15) is 13.3 Å². The molecule has 0 rings (SSSR count). The topological polar surface area (TPSA) is 110 Å². The Kier molecular flexibility index (Phi) is 13.0. The Hall–Kier alpha value is 1.44. The van der Waals surface area contributed by atoms with Crippen molar-refractivity contribution in [3.8, 4) is 0 Å². The fraction of sp³-hybridized carbons (Fsp3) is 0.833. The van der Waals surface area contributed by atoms with Crippen LogP contribution in [0, 0.1) is 0 Å². The predicted octanol–water partition coefficient (Wildman–Crippen LogP) is -7.18. The van der Waals surface area contributed by atoms with Gasteiger partial charge in [-0.05, 0) is 0 Å². The van der Waals surface area contributed by atoms with Crippen molar-refractivity contribution in [1.82, 2.24) is 0 Å². The molecule has 0 aromatic rings. The third-order valence-corrected chi connectivity index (χ3v) is 2.34. The molecule has 0 spiro atoms. The van der Waals surface area contributed by atoms with Crippen molar-refractivity contribution < 1.29 is 96.9 Å². The van der Waals surface area contributed by atoms with Crippen LogP contribution in [0.3, 0.4) is 0 Å². The van der Waals surface area contributed by atoms with Gasteiger partial charge < -0.3 is 24.2 Å². The van der Waals surface area contributed by atoms with Crippen LogP contribution in [0.4, 0.5) is 8.78 Å². The first kappa shape index (κ1) is 23.5. The van der Waals surface area contributed by atoms with Crippen molar-refractivity contribution in [1.29, 1.82) is 0 Å². The van der Waals surface area contributed by atoms with Crippen LogP contribution in [-0.2, 0) is 14.1 Å². The summed E-state index contributed by atoms with van der Waals surface area (Å²) in [7, 11) is -6.10.